The van der Waals surface area contributed by atoms with Crippen molar-refractivity contribution in [3.8, 4) is 0 Å². The molecule has 0 spiro atoms. The number of hydrogen-bond acceptors (Lipinski definition) is 1. The van der Waals surface area contributed by atoms with Gasteiger partial charge in [-0.15, -0.1) is 0 Å². The first kappa shape index (κ1) is 13.2. The van der Waals surface area contributed by atoms with Crippen LogP contribution in [-0.4, -0.2) is 11.9 Å². The Hall–Kier alpha value is -1.84. The number of rotatable bonds is 2. The van der Waals surface area contributed by atoms with E-state index in [0.29, 0.717) is 0 Å². The van der Waals surface area contributed by atoms with Crippen molar-refractivity contribution in [3.05, 3.63) is 34.9 Å². The Morgan fingerprint density at radius 1 is 1.30 bits per heavy atom. The predicted octanol–water partition coefficient (Wildman–Crippen LogP) is 1.71. The van der Waals surface area contributed by atoms with Gasteiger partial charge in [-0.25, -0.2) is 0 Å². The lowest BCUT2D eigenvalue weighted by atomic mass is 9.96. The third-order valence-electron chi connectivity index (χ3n) is 4.85. The molecule has 0 aliphatic heterocycles. The van der Waals surface area contributed by atoms with Gasteiger partial charge >= 0.3 is 0 Å². The van der Waals surface area contributed by atoms with E-state index < -0.39 is 0 Å². The molecule has 0 unspecified atom stereocenters. The zero-order chi connectivity index (χ0) is 14.5. The van der Waals surface area contributed by atoms with Crippen molar-refractivity contribution in [2.24, 2.45) is 27.8 Å². The van der Waals surface area contributed by atoms with Crippen molar-refractivity contribution >= 4 is 11.9 Å². The molecule has 1 saturated carbocycles. The average molecular weight is 271 g/mol. The number of hydrogen-bond donors (Lipinski definition) is 2. The van der Waals surface area contributed by atoms with Gasteiger partial charge in [0.15, 0.2) is 5.96 Å². The minimum Gasteiger partial charge on any atom is -0.370 e. The molecule has 1 aromatic carbocycles. The molecule has 0 saturated heterocycles. The van der Waals surface area contributed by atoms with Crippen LogP contribution in [0.4, 0.5) is 0 Å². The van der Waals surface area contributed by atoms with Crippen LogP contribution >= 0.6 is 0 Å². The number of amides is 1. The third-order valence-corrected chi connectivity index (χ3v) is 4.85. The van der Waals surface area contributed by atoms with Gasteiger partial charge in [-0.1, -0.05) is 32.0 Å². The number of benzene rings is 1. The molecule has 0 bridgehead atoms. The molecule has 106 valence electrons. The van der Waals surface area contributed by atoms with Crippen molar-refractivity contribution in [1.29, 1.82) is 0 Å². The van der Waals surface area contributed by atoms with Crippen molar-refractivity contribution < 1.29 is 4.79 Å². The first-order valence-electron chi connectivity index (χ1n) is 7.17. The summed E-state index contributed by atoms with van der Waals surface area (Å²) in [5.74, 6) is -0.187. The molecule has 4 nitrogen and oxygen atoms in total. The molecule has 4 N–H and O–H groups in total. The molecule has 0 radical (unpaired) electrons. The molecule has 4 heteroatoms. The highest BCUT2D eigenvalue weighted by molar-refractivity contribution is 5.95. The van der Waals surface area contributed by atoms with Gasteiger partial charge in [0.1, 0.15) is 0 Å². The van der Waals surface area contributed by atoms with E-state index in [1.165, 1.54) is 23.1 Å². The van der Waals surface area contributed by atoms with Crippen LogP contribution in [-0.2, 0) is 17.6 Å². The summed E-state index contributed by atoms with van der Waals surface area (Å²) in [6.45, 7) is 4.24. The fourth-order valence-electron chi connectivity index (χ4n) is 3.82. The Labute approximate surface area is 119 Å². The lowest BCUT2D eigenvalue weighted by molar-refractivity contribution is -0.119. The minimum atomic E-state index is -0.185. The molecule has 20 heavy (non-hydrogen) atoms. The normalized spacial score (nSPS) is 25.9. The van der Waals surface area contributed by atoms with Crippen LogP contribution < -0.4 is 11.5 Å². The Balaban J connectivity index is 1.94. The van der Waals surface area contributed by atoms with E-state index in [-0.39, 0.29) is 29.1 Å². The number of carbonyl (C=O) groups is 1. The van der Waals surface area contributed by atoms with Gasteiger partial charge in [-0.05, 0) is 41.4 Å². The maximum Gasteiger partial charge on any atom is 0.253 e. The molecule has 1 fully saturated rings. The van der Waals surface area contributed by atoms with E-state index in [1.54, 1.807) is 0 Å². The maximum absolute atomic E-state index is 12.2. The Bertz CT molecular complexity index is 600. The van der Waals surface area contributed by atoms with E-state index in [1.807, 2.05) is 0 Å². The predicted molar refractivity (Wildman–Crippen MR) is 79.3 cm³/mol. The molecule has 2 atom stereocenters. The molecule has 2 aliphatic carbocycles. The lowest BCUT2D eigenvalue weighted by Crippen LogP contribution is -2.25. The first-order chi connectivity index (χ1) is 9.43. The third kappa shape index (κ3) is 1.90. The van der Waals surface area contributed by atoms with Gasteiger partial charge in [0.05, 0.1) is 5.92 Å². The number of fused-ring (bicyclic) bond motifs is 1. The quantitative estimate of drug-likeness (QED) is 0.634. The lowest BCUT2D eigenvalue weighted by Gasteiger charge is -2.09. The summed E-state index contributed by atoms with van der Waals surface area (Å²) in [5.41, 5.74) is 14.8. The van der Waals surface area contributed by atoms with Crippen molar-refractivity contribution in [1.82, 2.24) is 0 Å². The fourth-order valence-corrected chi connectivity index (χ4v) is 3.82. The van der Waals surface area contributed by atoms with Crippen LogP contribution in [0.25, 0.3) is 0 Å². The molecule has 1 amide bonds. The van der Waals surface area contributed by atoms with Gasteiger partial charge in [0, 0.05) is 5.92 Å². The molecular weight excluding hydrogens is 250 g/mol. The van der Waals surface area contributed by atoms with E-state index in [2.05, 4.69) is 37.0 Å². The van der Waals surface area contributed by atoms with Gasteiger partial charge in [0.25, 0.3) is 5.91 Å². The van der Waals surface area contributed by atoms with Crippen LogP contribution in [0, 0.1) is 11.3 Å². The minimum absolute atomic E-state index is 0.0618. The average Bonchev–Trinajstić information content (AvgIpc) is 2.73. The molecular formula is C16H21N3O. The van der Waals surface area contributed by atoms with E-state index in [4.69, 9.17) is 11.5 Å². The van der Waals surface area contributed by atoms with E-state index in [0.717, 1.165) is 12.8 Å². The molecule has 3 rings (SSSR count). The van der Waals surface area contributed by atoms with Gasteiger partial charge in [0.2, 0.25) is 0 Å². The van der Waals surface area contributed by atoms with Crippen molar-refractivity contribution in [2.75, 3.05) is 0 Å². The highest BCUT2D eigenvalue weighted by Gasteiger charge is 2.62. The summed E-state index contributed by atoms with van der Waals surface area (Å²) < 4.78 is 0. The molecule has 0 aromatic heterocycles. The summed E-state index contributed by atoms with van der Waals surface area (Å²) in [5, 5.41) is 0. The number of guanidine groups is 1. The number of nitrogens with zero attached hydrogens (tertiary/aromatic N) is 1. The summed E-state index contributed by atoms with van der Waals surface area (Å²) >= 11 is 0. The number of nitrogens with two attached hydrogens (primary N) is 2. The van der Waals surface area contributed by atoms with E-state index >= 15 is 0 Å². The molecule has 1 aromatic rings. The van der Waals surface area contributed by atoms with Gasteiger partial charge in [-0.2, -0.15) is 4.99 Å². The first-order valence-corrected chi connectivity index (χ1v) is 7.17. The highest BCUT2D eigenvalue weighted by Crippen LogP contribution is 2.65. The van der Waals surface area contributed by atoms with E-state index in [9.17, 15) is 4.79 Å². The van der Waals surface area contributed by atoms with Crippen LogP contribution in [0.5, 0.6) is 0 Å². The van der Waals surface area contributed by atoms with Crippen LogP contribution in [0.3, 0.4) is 0 Å². The Morgan fingerprint density at radius 3 is 2.75 bits per heavy atom. The smallest absolute Gasteiger partial charge is 0.253 e. The summed E-state index contributed by atoms with van der Waals surface area (Å²) in [7, 11) is 0. The zero-order valence-electron chi connectivity index (χ0n) is 12.0. The second-order valence-corrected chi connectivity index (χ2v) is 6.49. The summed E-state index contributed by atoms with van der Waals surface area (Å²) in [6, 6.07) is 6.48. The monoisotopic (exact) mass is 271 g/mol. The number of aryl methyl sites for hydroxylation is 1. The summed E-state index contributed by atoms with van der Waals surface area (Å²) in [6.07, 6.45) is 3.50. The van der Waals surface area contributed by atoms with Crippen LogP contribution in [0.1, 0.15) is 42.9 Å². The van der Waals surface area contributed by atoms with Crippen molar-refractivity contribution in [3.63, 3.8) is 0 Å². The second kappa shape index (κ2) is 4.33. The Morgan fingerprint density at radius 2 is 2.05 bits per heavy atom. The second-order valence-electron chi connectivity index (χ2n) is 6.49. The summed E-state index contributed by atoms with van der Waals surface area (Å²) in [4.78, 5) is 15.9. The highest BCUT2D eigenvalue weighted by atomic mass is 16.1. The SMILES string of the molecule is CC1(C)[C@H](C(=O)N=C(N)N)[C@H]1c1cccc2c1CCC2. The van der Waals surface area contributed by atoms with Gasteiger partial charge < -0.3 is 11.5 Å². The topological polar surface area (TPSA) is 81.5 Å². The standard InChI is InChI=1S/C16H21N3O/c1-16(2)12(13(16)14(20)19-15(17)18)11-8-4-6-9-5-3-7-10(9)11/h4,6,8,12-13H,3,5,7H2,1-2H3,(H4,17,18,19,20)/t12-,13+/m1/s1. The number of carbonyl (C=O) groups excluding carboxylic acids is 1. The van der Waals surface area contributed by atoms with Crippen LogP contribution in [0.15, 0.2) is 23.2 Å². The fraction of sp³-hybridized carbons (Fsp3) is 0.500. The molecule has 2 aliphatic rings. The largest absolute Gasteiger partial charge is 0.370 e. The van der Waals surface area contributed by atoms with Gasteiger partial charge in [-0.3, -0.25) is 4.79 Å². The number of aliphatic imine (C=N–C) groups is 1. The van der Waals surface area contributed by atoms with Crippen molar-refractivity contribution in [2.45, 2.75) is 39.0 Å². The maximum atomic E-state index is 12.2. The molecule has 0 heterocycles. The van der Waals surface area contributed by atoms with Crippen LogP contribution in [0.2, 0.25) is 0 Å². The zero-order valence-corrected chi connectivity index (χ0v) is 12.0. The Kier molecular flexibility index (Phi) is 2.85.